The molecule has 186 valence electrons. The van der Waals surface area contributed by atoms with Gasteiger partial charge in [0.1, 0.15) is 11.4 Å². The zero-order chi connectivity index (χ0) is 23.6. The summed E-state index contributed by atoms with van der Waals surface area (Å²) in [5, 5.41) is 9.13. The second-order valence-corrected chi connectivity index (χ2v) is 8.70. The highest BCUT2D eigenvalue weighted by Crippen LogP contribution is 2.24. The van der Waals surface area contributed by atoms with E-state index < -0.39 is 11.7 Å². The fraction of sp³-hybridized carbons (Fsp3) is 0.636. The van der Waals surface area contributed by atoms with E-state index in [-0.39, 0.29) is 35.8 Å². The third-order valence-electron chi connectivity index (χ3n) is 4.90. The number of hydrogen-bond donors (Lipinski definition) is 4. The molecule has 0 aliphatic carbocycles. The van der Waals surface area contributed by atoms with Gasteiger partial charge in [-0.15, -0.1) is 24.0 Å². The third-order valence-corrected chi connectivity index (χ3v) is 4.90. The van der Waals surface area contributed by atoms with Crippen molar-refractivity contribution in [3.05, 3.63) is 23.9 Å². The number of amides is 2. The van der Waals surface area contributed by atoms with E-state index in [0.29, 0.717) is 32.1 Å². The van der Waals surface area contributed by atoms with Gasteiger partial charge in [-0.2, -0.15) is 0 Å². The minimum Gasteiger partial charge on any atom is -0.444 e. The van der Waals surface area contributed by atoms with Gasteiger partial charge in [-0.3, -0.25) is 4.79 Å². The molecule has 1 aliphatic rings. The largest absolute Gasteiger partial charge is 0.444 e. The Balaban J connectivity index is 0.00000544. The molecule has 0 unspecified atom stereocenters. The molecule has 1 aliphatic heterocycles. The van der Waals surface area contributed by atoms with Crippen LogP contribution in [0.1, 0.15) is 46.1 Å². The van der Waals surface area contributed by atoms with E-state index in [2.05, 4.69) is 30.8 Å². The molecule has 1 aromatic rings. The highest BCUT2D eigenvalue weighted by Gasteiger charge is 2.25. The van der Waals surface area contributed by atoms with E-state index in [4.69, 9.17) is 10.5 Å². The predicted octanol–water partition coefficient (Wildman–Crippen LogP) is 1.98. The molecule has 5 N–H and O–H groups in total. The lowest BCUT2D eigenvalue weighted by molar-refractivity contribution is -0.122. The molecule has 2 rings (SSSR count). The number of primary amides is 1. The van der Waals surface area contributed by atoms with E-state index in [1.54, 1.807) is 6.20 Å². The standard InChI is InChI=1S/C22H37N7O3.HI/c1-5-24-20(26-11-12-27-21(31)32-22(2,3)4)28-15-17-7-6-10-25-19(17)29-13-8-16(9-14-29)18(23)30;/h6-7,10,16H,5,8-9,11-15H2,1-4H3,(H2,23,30)(H,27,31)(H2,24,26,28);1H. The normalized spacial score (nSPS) is 14.8. The van der Waals surface area contributed by atoms with Gasteiger partial charge in [-0.1, -0.05) is 6.07 Å². The molecule has 0 atom stereocenters. The summed E-state index contributed by atoms with van der Waals surface area (Å²) in [7, 11) is 0. The number of hydrogen-bond acceptors (Lipinski definition) is 6. The summed E-state index contributed by atoms with van der Waals surface area (Å²) in [5.41, 5.74) is 5.93. The number of nitrogens with one attached hydrogen (secondary N) is 3. The van der Waals surface area contributed by atoms with Gasteiger partial charge in [-0.05, 0) is 46.6 Å². The minimum atomic E-state index is -0.523. The number of carbonyl (C=O) groups is 2. The smallest absolute Gasteiger partial charge is 0.407 e. The van der Waals surface area contributed by atoms with Crippen molar-refractivity contribution in [1.82, 2.24) is 20.9 Å². The van der Waals surface area contributed by atoms with Crippen LogP contribution in [0.5, 0.6) is 0 Å². The number of anilines is 1. The Bertz CT molecular complexity index is 790. The summed E-state index contributed by atoms with van der Waals surface area (Å²) in [4.78, 5) is 34.6. The van der Waals surface area contributed by atoms with Gasteiger partial charge in [-0.25, -0.2) is 14.8 Å². The predicted molar refractivity (Wildman–Crippen MR) is 141 cm³/mol. The lowest BCUT2D eigenvalue weighted by Gasteiger charge is -2.32. The Morgan fingerprint density at radius 2 is 1.88 bits per heavy atom. The fourth-order valence-electron chi connectivity index (χ4n) is 3.38. The molecule has 0 aromatic carbocycles. The number of pyridine rings is 1. The number of nitrogens with zero attached hydrogens (tertiary/aromatic N) is 3. The number of ether oxygens (including phenoxy) is 1. The van der Waals surface area contributed by atoms with Crippen LogP contribution in [0.15, 0.2) is 23.3 Å². The number of halogens is 1. The van der Waals surface area contributed by atoms with Crippen molar-refractivity contribution in [2.24, 2.45) is 16.6 Å². The van der Waals surface area contributed by atoms with Gasteiger partial charge >= 0.3 is 6.09 Å². The summed E-state index contributed by atoms with van der Waals surface area (Å²) in [6.07, 6.45) is 2.81. The van der Waals surface area contributed by atoms with Gasteiger partial charge in [0.05, 0.1) is 6.54 Å². The second kappa shape index (κ2) is 14.1. The first kappa shape index (κ1) is 28.7. The van der Waals surface area contributed by atoms with Crippen LogP contribution in [0, 0.1) is 5.92 Å². The van der Waals surface area contributed by atoms with Crippen molar-refractivity contribution in [3.8, 4) is 0 Å². The van der Waals surface area contributed by atoms with Crippen LogP contribution in [0.3, 0.4) is 0 Å². The first-order valence-corrected chi connectivity index (χ1v) is 11.2. The Morgan fingerprint density at radius 1 is 1.21 bits per heavy atom. The van der Waals surface area contributed by atoms with Gasteiger partial charge in [0.15, 0.2) is 5.96 Å². The Morgan fingerprint density at radius 3 is 2.48 bits per heavy atom. The molecule has 2 amide bonds. The third kappa shape index (κ3) is 10.4. The molecule has 10 nitrogen and oxygen atoms in total. The maximum absolute atomic E-state index is 11.7. The number of rotatable bonds is 8. The molecule has 0 saturated carbocycles. The molecule has 2 heterocycles. The molecule has 0 spiro atoms. The molecule has 33 heavy (non-hydrogen) atoms. The molecule has 1 fully saturated rings. The van der Waals surface area contributed by atoms with Crippen molar-refractivity contribution in [1.29, 1.82) is 0 Å². The summed E-state index contributed by atoms with van der Waals surface area (Å²) >= 11 is 0. The summed E-state index contributed by atoms with van der Waals surface area (Å²) < 4.78 is 5.23. The quantitative estimate of drug-likeness (QED) is 0.161. The maximum atomic E-state index is 11.7. The minimum absolute atomic E-state index is 0. The van der Waals surface area contributed by atoms with E-state index in [0.717, 1.165) is 37.3 Å². The first-order chi connectivity index (χ1) is 15.2. The van der Waals surface area contributed by atoms with Crippen molar-refractivity contribution in [3.63, 3.8) is 0 Å². The Hall–Kier alpha value is -2.31. The average Bonchev–Trinajstić information content (AvgIpc) is 2.74. The number of aromatic nitrogens is 1. The van der Waals surface area contributed by atoms with Crippen LogP contribution in [0.2, 0.25) is 0 Å². The monoisotopic (exact) mass is 575 g/mol. The van der Waals surface area contributed by atoms with Crippen molar-refractivity contribution in [2.75, 3.05) is 37.6 Å². The van der Waals surface area contributed by atoms with Crippen LogP contribution in [-0.4, -0.2) is 61.3 Å². The Labute approximate surface area is 213 Å². The average molecular weight is 575 g/mol. The molecule has 11 heteroatoms. The number of alkyl carbamates (subject to hydrolysis) is 1. The Kier molecular flexibility index (Phi) is 12.2. The highest BCUT2D eigenvalue weighted by atomic mass is 127. The lowest BCUT2D eigenvalue weighted by Crippen LogP contribution is -2.42. The lowest BCUT2D eigenvalue weighted by atomic mass is 9.96. The molecular weight excluding hydrogens is 537 g/mol. The van der Waals surface area contributed by atoms with Crippen LogP contribution >= 0.6 is 24.0 Å². The fourth-order valence-corrected chi connectivity index (χ4v) is 3.38. The summed E-state index contributed by atoms with van der Waals surface area (Å²) in [5.74, 6) is 1.26. The van der Waals surface area contributed by atoms with Crippen LogP contribution in [0.4, 0.5) is 10.6 Å². The molecule has 0 bridgehead atoms. The van der Waals surface area contributed by atoms with E-state index in [1.807, 2.05) is 39.8 Å². The number of nitrogens with two attached hydrogens (primary N) is 1. The van der Waals surface area contributed by atoms with E-state index >= 15 is 0 Å². The topological polar surface area (TPSA) is 134 Å². The number of carbonyl (C=O) groups excluding carboxylic acids is 2. The zero-order valence-electron chi connectivity index (χ0n) is 20.0. The van der Waals surface area contributed by atoms with E-state index in [1.165, 1.54) is 0 Å². The van der Waals surface area contributed by atoms with Crippen molar-refractivity contribution >= 4 is 47.8 Å². The number of piperidine rings is 1. The van der Waals surface area contributed by atoms with Crippen LogP contribution < -0.4 is 26.6 Å². The number of guanidine groups is 1. The molecule has 0 radical (unpaired) electrons. The summed E-state index contributed by atoms with van der Waals surface area (Å²) in [6, 6.07) is 3.91. The molecule has 1 aromatic heterocycles. The second-order valence-electron chi connectivity index (χ2n) is 8.70. The van der Waals surface area contributed by atoms with Crippen molar-refractivity contribution in [2.45, 2.75) is 52.7 Å². The maximum Gasteiger partial charge on any atom is 0.407 e. The van der Waals surface area contributed by atoms with Crippen LogP contribution in [0.25, 0.3) is 0 Å². The first-order valence-electron chi connectivity index (χ1n) is 11.2. The summed E-state index contributed by atoms with van der Waals surface area (Å²) in [6.45, 7) is 11.0. The van der Waals surface area contributed by atoms with E-state index in [9.17, 15) is 9.59 Å². The zero-order valence-corrected chi connectivity index (χ0v) is 22.3. The van der Waals surface area contributed by atoms with Gasteiger partial charge < -0.3 is 31.3 Å². The highest BCUT2D eigenvalue weighted by molar-refractivity contribution is 14.0. The number of aliphatic imine (C=N–C) groups is 1. The van der Waals surface area contributed by atoms with Crippen LogP contribution in [-0.2, 0) is 16.1 Å². The SMILES string of the molecule is CCNC(=NCc1cccnc1N1CCC(C(N)=O)CC1)NCCNC(=O)OC(C)(C)C.I. The molecule has 1 saturated heterocycles. The van der Waals surface area contributed by atoms with Gasteiger partial charge in [0, 0.05) is 50.4 Å². The van der Waals surface area contributed by atoms with Gasteiger partial charge in [0.25, 0.3) is 0 Å². The van der Waals surface area contributed by atoms with Gasteiger partial charge in [0.2, 0.25) is 5.91 Å². The molecular formula is C22H38IN7O3. The van der Waals surface area contributed by atoms with Crippen molar-refractivity contribution < 1.29 is 14.3 Å².